The van der Waals surface area contributed by atoms with Crippen LogP contribution in [0.15, 0.2) is 24.3 Å². The number of carbonyl (C=O) groups excluding carboxylic acids is 1. The molecule has 2 rings (SSSR count). The van der Waals surface area contributed by atoms with Crippen LogP contribution >= 0.6 is 0 Å². The van der Waals surface area contributed by atoms with E-state index in [1.54, 1.807) is 0 Å². The average Bonchev–Trinajstić information content (AvgIpc) is 2.52. The summed E-state index contributed by atoms with van der Waals surface area (Å²) in [5.74, 6) is -1.23. The van der Waals surface area contributed by atoms with Crippen molar-refractivity contribution in [1.82, 2.24) is 10.2 Å². The molecule has 5 nitrogen and oxygen atoms in total. The summed E-state index contributed by atoms with van der Waals surface area (Å²) in [4.78, 5) is 24.6. The van der Waals surface area contributed by atoms with Gasteiger partial charge in [-0.3, -0.25) is 14.5 Å². The molecule has 0 spiro atoms. The van der Waals surface area contributed by atoms with Crippen LogP contribution in [-0.4, -0.2) is 47.6 Å². The molecule has 1 aromatic rings. The predicted octanol–water partition coefficient (Wildman–Crippen LogP) is 1.46. The van der Waals surface area contributed by atoms with Crippen LogP contribution in [0.25, 0.3) is 0 Å². The number of nitrogens with zero attached hydrogens (tertiary/aromatic N) is 1. The zero-order valence-electron chi connectivity index (χ0n) is 13.0. The van der Waals surface area contributed by atoms with Crippen molar-refractivity contribution < 1.29 is 14.7 Å². The fourth-order valence-electron chi connectivity index (χ4n) is 3.08. The van der Waals surface area contributed by atoms with E-state index in [1.807, 2.05) is 0 Å². The third-order valence-corrected chi connectivity index (χ3v) is 4.13. The normalized spacial score (nSPS) is 17.1. The summed E-state index contributed by atoms with van der Waals surface area (Å²) < 4.78 is 0. The van der Waals surface area contributed by atoms with Crippen molar-refractivity contribution in [1.29, 1.82) is 0 Å². The van der Waals surface area contributed by atoms with Gasteiger partial charge in [-0.25, -0.2) is 0 Å². The van der Waals surface area contributed by atoms with Gasteiger partial charge in [0, 0.05) is 6.04 Å². The summed E-state index contributed by atoms with van der Waals surface area (Å²) in [6.07, 6.45) is 4.02. The Morgan fingerprint density at radius 2 is 2.05 bits per heavy atom. The minimum atomic E-state index is -1.01. The summed E-state index contributed by atoms with van der Waals surface area (Å²) in [6, 6.07) is 8.82. The number of aryl methyl sites for hydroxylation is 1. The number of amides is 1. The molecule has 1 aliphatic carbocycles. The number of aliphatic carboxylic acids is 1. The number of carboxylic acid groups (broad SMARTS) is 1. The van der Waals surface area contributed by atoms with Crippen molar-refractivity contribution in [2.45, 2.75) is 38.6 Å². The van der Waals surface area contributed by atoms with Crippen molar-refractivity contribution in [2.75, 3.05) is 19.6 Å². The van der Waals surface area contributed by atoms with Gasteiger partial charge in [-0.05, 0) is 43.4 Å². The highest BCUT2D eigenvalue weighted by Crippen LogP contribution is 2.24. The topological polar surface area (TPSA) is 69.6 Å². The van der Waals surface area contributed by atoms with Crippen LogP contribution in [0.5, 0.6) is 0 Å². The molecule has 0 aliphatic heterocycles. The molecule has 1 aliphatic rings. The molecule has 1 amide bonds. The summed E-state index contributed by atoms with van der Waals surface area (Å²) >= 11 is 0. The number of hydrogen-bond donors (Lipinski definition) is 2. The van der Waals surface area contributed by atoms with Gasteiger partial charge in [-0.1, -0.05) is 31.2 Å². The molecule has 1 aromatic carbocycles. The Morgan fingerprint density at radius 1 is 1.32 bits per heavy atom. The second kappa shape index (κ2) is 7.94. The largest absolute Gasteiger partial charge is 0.480 e. The molecule has 0 saturated carbocycles. The van der Waals surface area contributed by atoms with E-state index < -0.39 is 5.97 Å². The minimum absolute atomic E-state index is 0.213. The van der Waals surface area contributed by atoms with Crippen molar-refractivity contribution in [2.24, 2.45) is 0 Å². The zero-order valence-corrected chi connectivity index (χ0v) is 13.0. The summed E-state index contributed by atoms with van der Waals surface area (Å²) in [5.41, 5.74) is 2.77. The van der Waals surface area contributed by atoms with E-state index in [0.717, 1.165) is 32.2 Å². The van der Waals surface area contributed by atoms with Gasteiger partial charge in [0.25, 0.3) is 0 Å². The molecule has 0 radical (unpaired) electrons. The third-order valence-electron chi connectivity index (χ3n) is 4.13. The van der Waals surface area contributed by atoms with Crippen LogP contribution in [0.1, 0.15) is 30.9 Å². The zero-order chi connectivity index (χ0) is 15.9. The lowest BCUT2D eigenvalue weighted by molar-refractivity contribution is -0.138. The first-order valence-electron chi connectivity index (χ1n) is 7.89. The Kier molecular flexibility index (Phi) is 5.95. The summed E-state index contributed by atoms with van der Waals surface area (Å²) in [6.45, 7) is 2.91. The first kappa shape index (κ1) is 16.5. The molecular weight excluding hydrogens is 280 g/mol. The highest BCUT2D eigenvalue weighted by Gasteiger charge is 2.25. The van der Waals surface area contributed by atoms with Crippen molar-refractivity contribution >= 4 is 11.9 Å². The Morgan fingerprint density at radius 3 is 2.73 bits per heavy atom. The van der Waals surface area contributed by atoms with Gasteiger partial charge in [0.15, 0.2) is 0 Å². The molecule has 5 heteroatoms. The van der Waals surface area contributed by atoms with E-state index in [-0.39, 0.29) is 19.0 Å². The molecule has 22 heavy (non-hydrogen) atoms. The van der Waals surface area contributed by atoms with E-state index in [2.05, 4.69) is 41.4 Å². The van der Waals surface area contributed by atoms with Gasteiger partial charge < -0.3 is 10.4 Å². The number of benzene rings is 1. The van der Waals surface area contributed by atoms with Gasteiger partial charge in [0.2, 0.25) is 5.91 Å². The van der Waals surface area contributed by atoms with Crippen LogP contribution in [0.4, 0.5) is 0 Å². The highest BCUT2D eigenvalue weighted by molar-refractivity contribution is 5.82. The Labute approximate surface area is 131 Å². The van der Waals surface area contributed by atoms with Crippen LogP contribution in [-0.2, 0) is 22.4 Å². The van der Waals surface area contributed by atoms with Gasteiger partial charge in [-0.2, -0.15) is 0 Å². The van der Waals surface area contributed by atoms with Crippen molar-refractivity contribution in [3.05, 3.63) is 35.4 Å². The predicted molar refractivity (Wildman–Crippen MR) is 84.8 cm³/mol. The first-order valence-corrected chi connectivity index (χ1v) is 7.89. The average molecular weight is 304 g/mol. The molecule has 1 unspecified atom stereocenters. The van der Waals surface area contributed by atoms with Gasteiger partial charge >= 0.3 is 5.97 Å². The van der Waals surface area contributed by atoms with E-state index in [9.17, 15) is 9.59 Å². The number of carbonyl (C=O) groups is 2. The molecule has 0 bridgehead atoms. The van der Waals surface area contributed by atoms with E-state index in [4.69, 9.17) is 5.11 Å². The van der Waals surface area contributed by atoms with E-state index >= 15 is 0 Å². The molecule has 120 valence electrons. The van der Waals surface area contributed by atoms with Crippen LogP contribution in [0.3, 0.4) is 0 Å². The summed E-state index contributed by atoms with van der Waals surface area (Å²) in [5, 5.41) is 11.1. The first-order chi connectivity index (χ1) is 10.6. The monoisotopic (exact) mass is 304 g/mol. The lowest BCUT2D eigenvalue weighted by atomic mass is 9.87. The number of carboxylic acids is 1. The molecule has 0 fully saturated rings. The molecular formula is C17H24N2O3. The standard InChI is InChI=1S/C17H24N2O3/c1-2-9-19(12-16(20)18-11-17(21)22)15-8-7-13-5-3-4-6-14(13)10-15/h3-6,15H,2,7-12H2,1H3,(H,18,20)(H,21,22). The fraction of sp³-hybridized carbons (Fsp3) is 0.529. The van der Waals surface area contributed by atoms with E-state index in [1.165, 1.54) is 11.1 Å². The maximum Gasteiger partial charge on any atom is 0.322 e. The lowest BCUT2D eigenvalue weighted by Gasteiger charge is -2.34. The SMILES string of the molecule is CCCN(CC(=O)NCC(=O)O)C1CCc2ccccc2C1. The smallest absolute Gasteiger partial charge is 0.322 e. The van der Waals surface area contributed by atoms with Crippen molar-refractivity contribution in [3.8, 4) is 0 Å². The third kappa shape index (κ3) is 4.56. The second-order valence-electron chi connectivity index (χ2n) is 5.81. The number of nitrogens with one attached hydrogen (secondary N) is 1. The lowest BCUT2D eigenvalue weighted by Crippen LogP contribution is -2.46. The number of fused-ring (bicyclic) bond motifs is 1. The second-order valence-corrected chi connectivity index (χ2v) is 5.81. The van der Waals surface area contributed by atoms with Crippen LogP contribution in [0, 0.1) is 0 Å². The van der Waals surface area contributed by atoms with Crippen LogP contribution in [0.2, 0.25) is 0 Å². The maximum absolute atomic E-state index is 11.9. The number of hydrogen-bond acceptors (Lipinski definition) is 3. The Bertz CT molecular complexity index is 530. The van der Waals surface area contributed by atoms with Gasteiger partial charge in [0.05, 0.1) is 6.54 Å². The van der Waals surface area contributed by atoms with Gasteiger partial charge in [-0.15, -0.1) is 0 Å². The highest BCUT2D eigenvalue weighted by atomic mass is 16.4. The Hall–Kier alpha value is -1.88. The molecule has 2 N–H and O–H groups in total. The summed E-state index contributed by atoms with van der Waals surface area (Å²) in [7, 11) is 0. The number of rotatable bonds is 7. The maximum atomic E-state index is 11.9. The van der Waals surface area contributed by atoms with Gasteiger partial charge in [0.1, 0.15) is 6.54 Å². The van der Waals surface area contributed by atoms with E-state index in [0.29, 0.717) is 6.04 Å². The molecule has 0 saturated heterocycles. The molecule has 1 atom stereocenters. The van der Waals surface area contributed by atoms with Crippen LogP contribution < -0.4 is 5.32 Å². The minimum Gasteiger partial charge on any atom is -0.480 e. The Balaban J connectivity index is 1.96. The molecule has 0 heterocycles. The molecule has 0 aromatic heterocycles. The fourth-order valence-corrected chi connectivity index (χ4v) is 3.08. The quantitative estimate of drug-likeness (QED) is 0.800. The van der Waals surface area contributed by atoms with Crippen molar-refractivity contribution in [3.63, 3.8) is 0 Å².